The zero-order chi connectivity index (χ0) is 24.9. The summed E-state index contributed by atoms with van der Waals surface area (Å²) in [7, 11) is 1.51. The standard InChI is InChI=1S/C24H17Cl2N3O5S/c1-33-21-8-3-2-7-20(21)28(22(30)13-34-23-17(25)5-4-6-18(23)26)24-27-19(14-35-24)15-9-11-16(12-10-15)29(31)32/h2-12,14H,13H2,1H3. The van der Waals surface area contributed by atoms with Crippen molar-refractivity contribution in [1.82, 2.24) is 4.98 Å². The molecule has 1 aromatic heterocycles. The van der Waals surface area contributed by atoms with Gasteiger partial charge in [0.1, 0.15) is 5.75 Å². The number of hydrogen-bond donors (Lipinski definition) is 0. The highest BCUT2D eigenvalue weighted by molar-refractivity contribution is 7.14. The Morgan fingerprint density at radius 2 is 1.74 bits per heavy atom. The highest BCUT2D eigenvalue weighted by Gasteiger charge is 2.25. The molecule has 0 saturated heterocycles. The van der Waals surface area contributed by atoms with Crippen molar-refractivity contribution in [3.63, 3.8) is 0 Å². The number of hydrogen-bond acceptors (Lipinski definition) is 7. The lowest BCUT2D eigenvalue weighted by molar-refractivity contribution is -0.384. The van der Waals surface area contributed by atoms with Gasteiger partial charge in [0, 0.05) is 23.1 Å². The van der Waals surface area contributed by atoms with E-state index in [1.54, 1.807) is 60.0 Å². The second kappa shape index (κ2) is 10.7. The van der Waals surface area contributed by atoms with E-state index in [1.165, 1.54) is 35.5 Å². The molecule has 35 heavy (non-hydrogen) atoms. The Balaban J connectivity index is 1.68. The van der Waals surface area contributed by atoms with E-state index >= 15 is 0 Å². The van der Waals surface area contributed by atoms with Gasteiger partial charge in [-0.3, -0.25) is 14.9 Å². The third-order valence-electron chi connectivity index (χ3n) is 4.89. The van der Waals surface area contributed by atoms with Gasteiger partial charge >= 0.3 is 0 Å². The number of rotatable bonds is 8. The average molecular weight is 530 g/mol. The van der Waals surface area contributed by atoms with Crippen molar-refractivity contribution in [2.75, 3.05) is 18.6 Å². The molecule has 0 fully saturated rings. The molecule has 4 aromatic rings. The summed E-state index contributed by atoms with van der Waals surface area (Å²) in [6.45, 7) is -0.367. The third-order valence-corrected chi connectivity index (χ3v) is 6.31. The summed E-state index contributed by atoms with van der Waals surface area (Å²) in [5.41, 5.74) is 1.68. The number of nitro benzene ring substituents is 1. The van der Waals surface area contributed by atoms with Crippen LogP contribution in [0.2, 0.25) is 10.0 Å². The number of methoxy groups -OCH3 is 1. The number of anilines is 2. The van der Waals surface area contributed by atoms with Crippen molar-refractivity contribution in [1.29, 1.82) is 0 Å². The Morgan fingerprint density at radius 3 is 2.40 bits per heavy atom. The lowest BCUT2D eigenvalue weighted by atomic mass is 10.1. The van der Waals surface area contributed by atoms with E-state index in [0.717, 1.165) is 0 Å². The molecule has 0 radical (unpaired) electrons. The fraction of sp³-hybridized carbons (Fsp3) is 0.0833. The maximum Gasteiger partial charge on any atom is 0.271 e. The molecule has 0 atom stereocenters. The molecular weight excluding hydrogens is 513 g/mol. The molecule has 1 heterocycles. The first-order valence-electron chi connectivity index (χ1n) is 10.1. The molecular formula is C24H17Cl2N3O5S. The maximum absolute atomic E-state index is 13.4. The zero-order valence-corrected chi connectivity index (χ0v) is 20.5. The lowest BCUT2D eigenvalue weighted by Gasteiger charge is -2.22. The van der Waals surface area contributed by atoms with Gasteiger partial charge in [0.15, 0.2) is 17.5 Å². The van der Waals surface area contributed by atoms with Crippen LogP contribution in [0, 0.1) is 10.1 Å². The quantitative estimate of drug-likeness (QED) is 0.184. The number of carbonyl (C=O) groups is 1. The number of non-ortho nitro benzene ring substituents is 1. The van der Waals surface area contributed by atoms with E-state index < -0.39 is 10.8 Å². The molecule has 11 heteroatoms. The van der Waals surface area contributed by atoms with E-state index in [-0.39, 0.29) is 28.1 Å². The van der Waals surface area contributed by atoms with Crippen LogP contribution < -0.4 is 14.4 Å². The minimum Gasteiger partial charge on any atom is -0.495 e. The minimum absolute atomic E-state index is 0.0228. The second-order valence-corrected chi connectivity index (χ2v) is 8.71. The largest absolute Gasteiger partial charge is 0.495 e. The summed E-state index contributed by atoms with van der Waals surface area (Å²) in [6, 6.07) is 17.9. The van der Waals surface area contributed by atoms with Gasteiger partial charge in [-0.25, -0.2) is 9.88 Å². The molecule has 4 rings (SSSR count). The number of halogens is 2. The molecule has 1 amide bonds. The van der Waals surface area contributed by atoms with Crippen LogP contribution in [0.5, 0.6) is 11.5 Å². The van der Waals surface area contributed by atoms with Crippen LogP contribution in [-0.2, 0) is 4.79 Å². The molecule has 3 aromatic carbocycles. The van der Waals surface area contributed by atoms with E-state index in [0.29, 0.717) is 27.8 Å². The van der Waals surface area contributed by atoms with Crippen LogP contribution in [0.4, 0.5) is 16.5 Å². The number of thiazole rings is 1. The fourth-order valence-corrected chi connectivity index (χ4v) is 4.60. The SMILES string of the molecule is COc1ccccc1N(C(=O)COc1c(Cl)cccc1Cl)c1nc(-c2ccc([N+](=O)[O-])cc2)cs1. The molecule has 0 spiro atoms. The average Bonchev–Trinajstić information content (AvgIpc) is 3.34. The topological polar surface area (TPSA) is 94.8 Å². The summed E-state index contributed by atoms with van der Waals surface area (Å²) in [5, 5.41) is 13.6. The monoisotopic (exact) mass is 529 g/mol. The van der Waals surface area contributed by atoms with Gasteiger partial charge in [0.2, 0.25) is 0 Å². The normalized spacial score (nSPS) is 10.6. The van der Waals surface area contributed by atoms with Crippen LogP contribution in [0.1, 0.15) is 0 Å². The summed E-state index contributed by atoms with van der Waals surface area (Å²) in [5.74, 6) is 0.230. The highest BCUT2D eigenvalue weighted by atomic mass is 35.5. The van der Waals surface area contributed by atoms with E-state index in [9.17, 15) is 14.9 Å². The molecule has 0 aliphatic carbocycles. The summed E-state index contributed by atoms with van der Waals surface area (Å²) < 4.78 is 11.1. The molecule has 8 nitrogen and oxygen atoms in total. The van der Waals surface area contributed by atoms with Crippen LogP contribution >= 0.6 is 34.5 Å². The number of benzene rings is 3. The number of para-hydroxylation sites is 3. The first kappa shape index (κ1) is 24.5. The Morgan fingerprint density at radius 1 is 1.06 bits per heavy atom. The van der Waals surface area contributed by atoms with Gasteiger partial charge in [-0.05, 0) is 36.4 Å². The number of nitrogens with zero attached hydrogens (tertiary/aromatic N) is 3. The van der Waals surface area contributed by atoms with Gasteiger partial charge in [-0.1, -0.05) is 41.4 Å². The molecule has 0 bridgehead atoms. The van der Waals surface area contributed by atoms with Crippen molar-refractivity contribution in [3.8, 4) is 22.8 Å². The summed E-state index contributed by atoms with van der Waals surface area (Å²) >= 11 is 13.6. The van der Waals surface area contributed by atoms with Gasteiger partial charge in [-0.2, -0.15) is 0 Å². The molecule has 0 unspecified atom stereocenters. The van der Waals surface area contributed by atoms with Crippen LogP contribution in [0.15, 0.2) is 72.1 Å². The Labute approximate surface area is 214 Å². The predicted molar refractivity (Wildman–Crippen MR) is 136 cm³/mol. The first-order valence-corrected chi connectivity index (χ1v) is 11.8. The molecule has 0 aliphatic rings. The molecule has 0 aliphatic heterocycles. The number of carbonyl (C=O) groups excluding carboxylic acids is 1. The van der Waals surface area contributed by atoms with Gasteiger partial charge in [0.05, 0.1) is 33.5 Å². The number of nitro groups is 1. The van der Waals surface area contributed by atoms with Crippen molar-refractivity contribution in [2.24, 2.45) is 0 Å². The van der Waals surface area contributed by atoms with Crippen molar-refractivity contribution in [2.45, 2.75) is 0 Å². The third kappa shape index (κ3) is 5.37. The lowest BCUT2D eigenvalue weighted by Crippen LogP contribution is -2.31. The number of aromatic nitrogens is 1. The minimum atomic E-state index is -0.469. The Hall–Kier alpha value is -3.66. The number of amides is 1. The number of ether oxygens (including phenoxy) is 2. The van der Waals surface area contributed by atoms with Crippen molar-refractivity contribution >= 4 is 57.0 Å². The predicted octanol–water partition coefficient (Wildman–Crippen LogP) is 6.78. The Bertz CT molecular complexity index is 1360. The van der Waals surface area contributed by atoms with Gasteiger partial charge in [0.25, 0.3) is 11.6 Å². The highest BCUT2D eigenvalue weighted by Crippen LogP contribution is 2.38. The molecule has 0 saturated carbocycles. The second-order valence-electron chi connectivity index (χ2n) is 7.06. The van der Waals surface area contributed by atoms with E-state index in [2.05, 4.69) is 4.98 Å². The Kier molecular flexibility index (Phi) is 7.50. The molecule has 178 valence electrons. The van der Waals surface area contributed by atoms with E-state index in [1.807, 2.05) is 0 Å². The zero-order valence-electron chi connectivity index (χ0n) is 18.2. The fourth-order valence-electron chi connectivity index (χ4n) is 3.23. The van der Waals surface area contributed by atoms with Crippen LogP contribution in [-0.4, -0.2) is 29.5 Å². The molecule has 0 N–H and O–H groups in total. The smallest absolute Gasteiger partial charge is 0.271 e. The maximum atomic E-state index is 13.4. The summed E-state index contributed by atoms with van der Waals surface area (Å²) in [4.78, 5) is 29.9. The van der Waals surface area contributed by atoms with Gasteiger partial charge in [-0.15, -0.1) is 11.3 Å². The van der Waals surface area contributed by atoms with Crippen LogP contribution in [0.3, 0.4) is 0 Å². The van der Waals surface area contributed by atoms with E-state index in [4.69, 9.17) is 32.7 Å². The van der Waals surface area contributed by atoms with Crippen LogP contribution in [0.25, 0.3) is 11.3 Å². The van der Waals surface area contributed by atoms with Crippen molar-refractivity contribution < 1.29 is 19.2 Å². The van der Waals surface area contributed by atoms with Crippen molar-refractivity contribution in [3.05, 3.63) is 92.3 Å². The van der Waals surface area contributed by atoms with Gasteiger partial charge < -0.3 is 9.47 Å². The summed E-state index contributed by atoms with van der Waals surface area (Å²) in [6.07, 6.45) is 0. The first-order chi connectivity index (χ1) is 16.9.